The molecule has 1 saturated carbocycles. The Balaban J connectivity index is 1.75. The summed E-state index contributed by atoms with van der Waals surface area (Å²) in [4.78, 5) is 18.7. The van der Waals surface area contributed by atoms with Crippen LogP contribution in [-0.4, -0.2) is 41.3 Å². The van der Waals surface area contributed by atoms with Gasteiger partial charge in [0.2, 0.25) is 0 Å². The van der Waals surface area contributed by atoms with E-state index in [1.807, 2.05) is 31.7 Å². The highest BCUT2D eigenvalue weighted by molar-refractivity contribution is 5.69. The van der Waals surface area contributed by atoms with Gasteiger partial charge in [-0.3, -0.25) is 4.79 Å². The van der Waals surface area contributed by atoms with Crippen LogP contribution in [0, 0.1) is 12.8 Å². The number of nitrogens with zero attached hydrogens (tertiary/aromatic N) is 4. The van der Waals surface area contributed by atoms with Crippen molar-refractivity contribution < 1.29 is 9.53 Å². The maximum Gasteiger partial charge on any atom is 0.306 e. The molecule has 6 heteroatoms. The maximum absolute atomic E-state index is 11.7. The second-order valence-corrected chi connectivity index (χ2v) is 7.22. The van der Waals surface area contributed by atoms with E-state index in [9.17, 15) is 4.79 Å². The summed E-state index contributed by atoms with van der Waals surface area (Å²) in [7, 11) is 4.07. The second kappa shape index (κ2) is 7.42. The highest BCUT2D eigenvalue weighted by Gasteiger charge is 2.26. The van der Waals surface area contributed by atoms with Crippen molar-refractivity contribution in [3.05, 3.63) is 23.5 Å². The molecule has 0 N–H and O–H groups in total. The SMILES string of the molecule is CCOC(=O)CC1CCC(c2cc(N(C)C)n3ncc(C)c3n2)CC1. The van der Waals surface area contributed by atoms with Crippen LogP contribution in [0.3, 0.4) is 0 Å². The molecule has 1 aliphatic carbocycles. The summed E-state index contributed by atoms with van der Waals surface area (Å²) in [6.07, 6.45) is 6.70. The summed E-state index contributed by atoms with van der Waals surface area (Å²) in [5.74, 6) is 1.90. The van der Waals surface area contributed by atoms with Crippen LogP contribution >= 0.6 is 0 Å². The first-order valence-electron chi connectivity index (χ1n) is 9.17. The van der Waals surface area contributed by atoms with E-state index in [-0.39, 0.29) is 5.97 Å². The molecule has 0 amide bonds. The number of aryl methyl sites for hydroxylation is 1. The Kier molecular flexibility index (Phi) is 5.25. The lowest BCUT2D eigenvalue weighted by Gasteiger charge is -2.28. The van der Waals surface area contributed by atoms with Crippen molar-refractivity contribution >= 4 is 17.4 Å². The summed E-state index contributed by atoms with van der Waals surface area (Å²) >= 11 is 0. The molecule has 2 aromatic heterocycles. The van der Waals surface area contributed by atoms with Crippen LogP contribution < -0.4 is 4.90 Å². The largest absolute Gasteiger partial charge is 0.466 e. The lowest BCUT2D eigenvalue weighted by atomic mass is 9.79. The first-order valence-corrected chi connectivity index (χ1v) is 9.17. The monoisotopic (exact) mass is 344 g/mol. The van der Waals surface area contributed by atoms with Gasteiger partial charge in [0.15, 0.2) is 5.65 Å². The molecule has 1 aliphatic rings. The van der Waals surface area contributed by atoms with Crippen LogP contribution in [0.25, 0.3) is 5.65 Å². The molecule has 6 nitrogen and oxygen atoms in total. The van der Waals surface area contributed by atoms with Gasteiger partial charge in [-0.1, -0.05) is 0 Å². The van der Waals surface area contributed by atoms with Crippen LogP contribution in [0.1, 0.15) is 56.2 Å². The maximum atomic E-state index is 11.7. The molecule has 0 radical (unpaired) electrons. The summed E-state index contributed by atoms with van der Waals surface area (Å²) in [5, 5.41) is 4.45. The van der Waals surface area contributed by atoms with Gasteiger partial charge in [0.25, 0.3) is 0 Å². The van der Waals surface area contributed by atoms with Crippen molar-refractivity contribution in [2.75, 3.05) is 25.6 Å². The van der Waals surface area contributed by atoms with E-state index >= 15 is 0 Å². The van der Waals surface area contributed by atoms with Gasteiger partial charge in [0.1, 0.15) is 5.82 Å². The van der Waals surface area contributed by atoms with Crippen LogP contribution in [0.4, 0.5) is 5.82 Å². The average Bonchev–Trinajstić information content (AvgIpc) is 2.96. The first-order chi connectivity index (χ1) is 12.0. The van der Waals surface area contributed by atoms with Crippen LogP contribution in [-0.2, 0) is 9.53 Å². The Bertz CT molecular complexity index is 745. The fraction of sp³-hybridized carbons (Fsp3) is 0.632. The predicted octanol–water partition coefficient (Wildman–Crippen LogP) is 3.33. The van der Waals surface area contributed by atoms with Crippen molar-refractivity contribution in [2.24, 2.45) is 5.92 Å². The van der Waals surface area contributed by atoms with E-state index in [0.717, 1.165) is 48.4 Å². The number of hydrogen-bond donors (Lipinski definition) is 0. The van der Waals surface area contributed by atoms with Gasteiger partial charge in [-0.25, -0.2) is 4.98 Å². The molecular weight excluding hydrogens is 316 g/mol. The van der Waals surface area contributed by atoms with E-state index in [4.69, 9.17) is 9.72 Å². The minimum atomic E-state index is -0.0599. The van der Waals surface area contributed by atoms with Crippen molar-refractivity contribution in [1.29, 1.82) is 0 Å². The van der Waals surface area contributed by atoms with Crippen molar-refractivity contribution in [2.45, 2.75) is 51.9 Å². The fourth-order valence-corrected chi connectivity index (χ4v) is 3.72. The van der Waals surface area contributed by atoms with Crippen LogP contribution in [0.5, 0.6) is 0 Å². The molecular formula is C19H28N4O2. The standard InChI is InChI=1S/C19H28N4O2/c1-5-25-18(24)10-14-6-8-15(9-7-14)16-11-17(22(3)4)23-19(21-16)13(2)12-20-23/h11-12,14-15H,5-10H2,1-4H3. The number of rotatable bonds is 5. The number of aromatic nitrogens is 3. The zero-order valence-corrected chi connectivity index (χ0v) is 15.7. The first kappa shape index (κ1) is 17.7. The molecule has 25 heavy (non-hydrogen) atoms. The molecule has 3 rings (SSSR count). The van der Waals surface area contributed by atoms with E-state index in [1.165, 1.54) is 0 Å². The van der Waals surface area contributed by atoms with Crippen molar-refractivity contribution in [3.8, 4) is 0 Å². The Morgan fingerprint density at radius 3 is 2.68 bits per heavy atom. The van der Waals surface area contributed by atoms with Gasteiger partial charge in [-0.15, -0.1) is 0 Å². The summed E-state index contributed by atoms with van der Waals surface area (Å²) in [6.45, 7) is 4.38. The Labute approximate surface area is 149 Å². The molecule has 0 aliphatic heterocycles. The molecule has 2 aromatic rings. The molecule has 136 valence electrons. The Morgan fingerprint density at radius 2 is 2.04 bits per heavy atom. The molecule has 0 unspecified atom stereocenters. The molecule has 0 bridgehead atoms. The third-order valence-electron chi connectivity index (χ3n) is 5.13. The van der Waals surface area contributed by atoms with Gasteiger partial charge >= 0.3 is 5.97 Å². The lowest BCUT2D eigenvalue weighted by molar-refractivity contribution is -0.144. The molecule has 0 saturated heterocycles. The zero-order chi connectivity index (χ0) is 18.0. The van der Waals surface area contributed by atoms with Crippen molar-refractivity contribution in [1.82, 2.24) is 14.6 Å². The Morgan fingerprint density at radius 1 is 1.32 bits per heavy atom. The quantitative estimate of drug-likeness (QED) is 0.779. The molecule has 1 fully saturated rings. The van der Waals surface area contributed by atoms with Gasteiger partial charge in [-0.05, 0) is 45.4 Å². The van der Waals surface area contributed by atoms with Gasteiger partial charge in [-0.2, -0.15) is 9.61 Å². The fourth-order valence-electron chi connectivity index (χ4n) is 3.72. The van der Waals surface area contributed by atoms with E-state index in [2.05, 4.69) is 23.0 Å². The number of hydrogen-bond acceptors (Lipinski definition) is 5. The molecule has 0 aromatic carbocycles. The minimum Gasteiger partial charge on any atom is -0.466 e. The lowest BCUT2D eigenvalue weighted by Crippen LogP contribution is -2.20. The number of carbonyl (C=O) groups excluding carboxylic acids is 1. The second-order valence-electron chi connectivity index (χ2n) is 7.22. The van der Waals surface area contributed by atoms with E-state index in [0.29, 0.717) is 24.9 Å². The number of ether oxygens (including phenoxy) is 1. The average molecular weight is 344 g/mol. The summed E-state index contributed by atoms with van der Waals surface area (Å²) in [5.41, 5.74) is 3.19. The number of carbonyl (C=O) groups is 1. The van der Waals surface area contributed by atoms with Gasteiger partial charge in [0, 0.05) is 43.8 Å². The van der Waals surface area contributed by atoms with Crippen molar-refractivity contribution in [3.63, 3.8) is 0 Å². The van der Waals surface area contributed by atoms with Crippen LogP contribution in [0.15, 0.2) is 12.3 Å². The van der Waals surface area contributed by atoms with E-state index < -0.39 is 0 Å². The van der Waals surface area contributed by atoms with Gasteiger partial charge < -0.3 is 9.64 Å². The van der Waals surface area contributed by atoms with E-state index in [1.54, 1.807) is 0 Å². The third kappa shape index (κ3) is 3.78. The molecule has 0 atom stereocenters. The predicted molar refractivity (Wildman–Crippen MR) is 98.0 cm³/mol. The summed E-state index contributed by atoms with van der Waals surface area (Å²) < 4.78 is 6.99. The smallest absolute Gasteiger partial charge is 0.306 e. The highest BCUT2D eigenvalue weighted by Crippen LogP contribution is 2.37. The van der Waals surface area contributed by atoms with Gasteiger partial charge in [0.05, 0.1) is 12.8 Å². The number of fused-ring (bicyclic) bond motifs is 1. The van der Waals surface area contributed by atoms with Crippen LogP contribution in [0.2, 0.25) is 0 Å². The number of anilines is 1. The molecule has 0 spiro atoms. The number of esters is 1. The Hall–Kier alpha value is -2.11. The normalized spacial score (nSPS) is 20.6. The minimum absolute atomic E-state index is 0.0599. The molecule has 2 heterocycles. The third-order valence-corrected chi connectivity index (χ3v) is 5.13. The highest BCUT2D eigenvalue weighted by atomic mass is 16.5. The topological polar surface area (TPSA) is 59.7 Å². The summed E-state index contributed by atoms with van der Waals surface area (Å²) in [6, 6.07) is 2.16. The zero-order valence-electron chi connectivity index (χ0n) is 15.7.